The van der Waals surface area contributed by atoms with E-state index < -0.39 is 5.97 Å². The molecule has 1 saturated heterocycles. The van der Waals surface area contributed by atoms with Crippen molar-refractivity contribution < 1.29 is 19.1 Å². The molecule has 2 bridgehead atoms. The van der Waals surface area contributed by atoms with Gasteiger partial charge in [0.05, 0.1) is 34.7 Å². The number of aromatic amines is 1. The summed E-state index contributed by atoms with van der Waals surface area (Å²) in [5.41, 5.74) is 3.26. The fourth-order valence-electron chi connectivity index (χ4n) is 7.52. The minimum Gasteiger partial charge on any atom is -0.462 e. The summed E-state index contributed by atoms with van der Waals surface area (Å²) in [6, 6.07) is 14.8. The van der Waals surface area contributed by atoms with E-state index in [2.05, 4.69) is 24.0 Å². The van der Waals surface area contributed by atoms with E-state index in [-0.39, 0.29) is 64.1 Å². The molecule has 2 amide bonds. The number of H-pyrrole nitrogens is 1. The fourth-order valence-corrected chi connectivity index (χ4v) is 10.4. The number of aromatic nitrogens is 1. The molecule has 7 atom stereocenters. The van der Waals surface area contributed by atoms with E-state index in [4.69, 9.17) is 4.74 Å². The first-order valence-corrected chi connectivity index (χ1v) is 14.7. The molecule has 0 spiro atoms. The van der Waals surface area contributed by atoms with Gasteiger partial charge in [0.1, 0.15) is 0 Å². The highest BCUT2D eigenvalue weighted by molar-refractivity contribution is 8.00. The van der Waals surface area contributed by atoms with Crippen molar-refractivity contribution in [2.75, 3.05) is 11.5 Å². The maximum atomic E-state index is 13.9. The van der Waals surface area contributed by atoms with Crippen LogP contribution in [0, 0.1) is 36.5 Å². The minimum atomic E-state index is -0.429. The quantitative estimate of drug-likeness (QED) is 0.380. The number of nitrogens with one attached hydrogen (secondary N) is 1. The Hall–Kier alpha value is -3.17. The van der Waals surface area contributed by atoms with Crippen molar-refractivity contribution in [3.8, 4) is 0 Å². The Morgan fingerprint density at radius 3 is 2.45 bits per heavy atom. The van der Waals surface area contributed by atoms with Crippen molar-refractivity contribution in [2.24, 2.45) is 29.6 Å². The van der Waals surface area contributed by atoms with Crippen LogP contribution in [0.1, 0.15) is 45.6 Å². The van der Waals surface area contributed by atoms with Crippen LogP contribution < -0.4 is 9.77 Å². The molecular weight excluding hydrogens is 520 g/mol. The number of carbonyl (C=O) groups excluding carboxylic acids is 3. The smallest absolute Gasteiger partial charge is 0.338 e. The molecule has 3 fully saturated rings. The van der Waals surface area contributed by atoms with Gasteiger partial charge in [-0.1, -0.05) is 35.6 Å². The number of amides is 2. The van der Waals surface area contributed by atoms with Gasteiger partial charge in [-0.15, -0.1) is 11.8 Å². The normalized spacial score (nSPS) is 30.8. The maximum Gasteiger partial charge on any atom is 0.338 e. The van der Waals surface area contributed by atoms with Crippen LogP contribution >= 0.6 is 23.1 Å². The first kappa shape index (κ1) is 23.9. The summed E-state index contributed by atoms with van der Waals surface area (Å²) >= 11 is 2.97. The number of imide groups is 1. The Balaban J connectivity index is 1.26. The van der Waals surface area contributed by atoms with Gasteiger partial charge >= 0.3 is 10.8 Å². The van der Waals surface area contributed by atoms with Crippen LogP contribution in [-0.4, -0.2) is 34.6 Å². The number of thiazole rings is 1. The third-order valence-electron chi connectivity index (χ3n) is 8.88. The average molecular weight is 547 g/mol. The lowest BCUT2D eigenvalue weighted by atomic mass is 9.67. The van der Waals surface area contributed by atoms with Crippen LogP contribution in [0.2, 0.25) is 0 Å². The fraction of sp³-hybridized carbons (Fsp3) is 0.379. The van der Waals surface area contributed by atoms with Gasteiger partial charge in [0.15, 0.2) is 0 Å². The summed E-state index contributed by atoms with van der Waals surface area (Å²) < 4.78 is 5.06. The van der Waals surface area contributed by atoms with Gasteiger partial charge in [0.25, 0.3) is 0 Å². The summed E-state index contributed by atoms with van der Waals surface area (Å²) in [4.78, 5) is 57.6. The zero-order valence-corrected chi connectivity index (χ0v) is 22.5. The second-order valence-corrected chi connectivity index (χ2v) is 12.8. The Bertz CT molecular complexity index is 1540. The molecular formula is C29H26N2O5S2. The van der Waals surface area contributed by atoms with E-state index in [1.54, 1.807) is 43.0 Å². The van der Waals surface area contributed by atoms with Crippen LogP contribution in [0.4, 0.5) is 5.69 Å². The number of carbonyl (C=O) groups is 3. The van der Waals surface area contributed by atoms with Crippen molar-refractivity contribution >= 4 is 46.6 Å². The first-order chi connectivity index (χ1) is 18.4. The molecule has 1 N–H and O–H groups in total. The third-order valence-corrected chi connectivity index (χ3v) is 11.5. The number of nitrogens with zero attached hydrogens (tertiary/aromatic N) is 1. The predicted molar refractivity (Wildman–Crippen MR) is 145 cm³/mol. The third kappa shape index (κ3) is 3.27. The number of hydrogen-bond acceptors (Lipinski definition) is 7. The average Bonchev–Trinajstić information content (AvgIpc) is 3.64. The molecule has 7 unspecified atom stereocenters. The lowest BCUT2D eigenvalue weighted by Crippen LogP contribution is -2.42. The molecule has 4 aliphatic rings. The summed E-state index contributed by atoms with van der Waals surface area (Å²) in [7, 11) is 0. The Morgan fingerprint density at radius 1 is 1.03 bits per heavy atom. The SMILES string of the molecule is CCOC(=O)c1ccc(N2C(=O)C3C4CC(C3C2=O)C2C(c3ccccc3C)c3sc(=O)[nH]c3SC42)cc1. The van der Waals surface area contributed by atoms with Crippen LogP contribution in [0.3, 0.4) is 0 Å². The largest absolute Gasteiger partial charge is 0.462 e. The van der Waals surface area contributed by atoms with Gasteiger partial charge in [-0.05, 0) is 73.4 Å². The second-order valence-electron chi connectivity index (χ2n) is 10.6. The molecule has 2 saturated carbocycles. The molecule has 3 aromatic rings. The van der Waals surface area contributed by atoms with Gasteiger partial charge in [-0.25, -0.2) is 4.79 Å². The van der Waals surface area contributed by atoms with Crippen molar-refractivity contribution in [1.82, 2.24) is 4.98 Å². The van der Waals surface area contributed by atoms with Crippen LogP contribution in [0.15, 0.2) is 58.4 Å². The predicted octanol–water partition coefficient (Wildman–Crippen LogP) is 4.60. The lowest BCUT2D eigenvalue weighted by molar-refractivity contribution is -0.123. The maximum absolute atomic E-state index is 13.9. The number of ether oxygens (including phenoxy) is 1. The van der Waals surface area contributed by atoms with E-state index >= 15 is 0 Å². The van der Waals surface area contributed by atoms with Gasteiger partial charge in [0.2, 0.25) is 11.8 Å². The standard InChI is InChI=1S/C29H26N2O5S2/c1-3-36-28(34)14-8-10-15(11-9-14)31-26(32)21-17-12-18(22(21)27(31)33)23-20(17)19(16-7-5-4-6-13(16)2)24-25(37-23)30-29(35)38-24/h4-11,17-23H,3,12H2,1-2H3,(H,30,35). The number of hydrogen-bond donors (Lipinski definition) is 1. The summed E-state index contributed by atoms with van der Waals surface area (Å²) in [5.74, 6) is -1.09. The first-order valence-electron chi connectivity index (χ1n) is 13.0. The zero-order valence-electron chi connectivity index (χ0n) is 20.9. The number of anilines is 1. The molecule has 2 aromatic carbocycles. The van der Waals surface area contributed by atoms with E-state index in [1.165, 1.54) is 27.4 Å². The Labute approximate surface area is 227 Å². The highest BCUT2D eigenvalue weighted by Crippen LogP contribution is 2.68. The molecule has 9 heteroatoms. The van der Waals surface area contributed by atoms with Crippen molar-refractivity contribution in [3.63, 3.8) is 0 Å². The number of aryl methyl sites for hydroxylation is 1. The summed E-state index contributed by atoms with van der Waals surface area (Å²) in [6.07, 6.45) is 0.854. The molecule has 2 aliphatic heterocycles. The molecule has 38 heavy (non-hydrogen) atoms. The highest BCUT2D eigenvalue weighted by atomic mass is 32.2. The Kier molecular flexibility index (Phi) is 5.46. The molecule has 3 heterocycles. The van der Waals surface area contributed by atoms with Crippen molar-refractivity contribution in [1.29, 1.82) is 0 Å². The number of esters is 1. The van der Waals surface area contributed by atoms with E-state index in [0.717, 1.165) is 16.3 Å². The topological polar surface area (TPSA) is 96.5 Å². The van der Waals surface area contributed by atoms with Gasteiger partial charge < -0.3 is 9.72 Å². The molecule has 2 aliphatic carbocycles. The van der Waals surface area contributed by atoms with Crippen molar-refractivity contribution in [2.45, 2.75) is 36.5 Å². The van der Waals surface area contributed by atoms with Gasteiger partial charge in [-0.2, -0.15) is 0 Å². The van der Waals surface area contributed by atoms with Crippen LogP contribution in [-0.2, 0) is 14.3 Å². The van der Waals surface area contributed by atoms with E-state index in [0.29, 0.717) is 11.3 Å². The van der Waals surface area contributed by atoms with E-state index in [9.17, 15) is 19.2 Å². The molecule has 7 rings (SSSR count). The number of thioether (sulfide) groups is 1. The zero-order chi connectivity index (χ0) is 26.3. The summed E-state index contributed by atoms with van der Waals surface area (Å²) in [5, 5.41) is 1.08. The number of rotatable bonds is 4. The molecule has 7 nitrogen and oxygen atoms in total. The van der Waals surface area contributed by atoms with Crippen LogP contribution in [0.25, 0.3) is 0 Å². The molecule has 0 radical (unpaired) electrons. The van der Waals surface area contributed by atoms with Crippen molar-refractivity contribution in [3.05, 3.63) is 79.8 Å². The Morgan fingerprint density at radius 2 is 1.74 bits per heavy atom. The van der Waals surface area contributed by atoms with Gasteiger partial charge in [0, 0.05) is 16.0 Å². The second kappa shape index (κ2) is 8.68. The minimum absolute atomic E-state index is 0.0261. The highest BCUT2D eigenvalue weighted by Gasteiger charge is 2.69. The van der Waals surface area contributed by atoms with Crippen LogP contribution in [0.5, 0.6) is 0 Å². The number of benzene rings is 2. The van der Waals surface area contributed by atoms with E-state index in [1.807, 2.05) is 12.1 Å². The lowest BCUT2D eigenvalue weighted by Gasteiger charge is -2.43. The summed E-state index contributed by atoms with van der Waals surface area (Å²) in [6.45, 7) is 4.13. The molecule has 194 valence electrons. The monoisotopic (exact) mass is 546 g/mol. The van der Waals surface area contributed by atoms with Gasteiger partial charge in [-0.3, -0.25) is 19.3 Å². The number of fused-ring (bicyclic) bond motifs is 9. The molecule has 1 aromatic heterocycles.